The van der Waals surface area contributed by atoms with Crippen LogP contribution in [-0.2, 0) is 11.2 Å². The number of ether oxygens (including phenoxy) is 1. The van der Waals surface area contributed by atoms with E-state index < -0.39 is 0 Å². The van der Waals surface area contributed by atoms with Gasteiger partial charge in [-0.2, -0.15) is 0 Å². The van der Waals surface area contributed by atoms with Crippen LogP contribution in [0.15, 0.2) is 48.5 Å². The van der Waals surface area contributed by atoms with Crippen LogP contribution in [0.1, 0.15) is 29.3 Å². The molecule has 0 saturated heterocycles. The Bertz CT molecular complexity index is 803. The number of amides is 2. The molecule has 0 bridgehead atoms. The van der Waals surface area contributed by atoms with E-state index in [-0.39, 0.29) is 17.7 Å². The molecule has 2 amide bonds. The molecule has 3 rings (SSSR count). The molecule has 2 aromatic rings. The zero-order valence-electron chi connectivity index (χ0n) is 15.1. The minimum Gasteiger partial charge on any atom is -0.496 e. The highest BCUT2D eigenvalue weighted by Gasteiger charge is 2.39. The number of hydrogen-bond acceptors (Lipinski definition) is 3. The summed E-state index contributed by atoms with van der Waals surface area (Å²) in [5.41, 5.74) is 2.24. The molecule has 2 N–H and O–H groups in total. The summed E-state index contributed by atoms with van der Waals surface area (Å²) in [5.74, 6) is 1.26. The van der Waals surface area contributed by atoms with E-state index >= 15 is 0 Å². The van der Waals surface area contributed by atoms with Crippen molar-refractivity contribution in [3.05, 3.63) is 59.7 Å². The number of benzene rings is 2. The van der Waals surface area contributed by atoms with Gasteiger partial charge in [0, 0.05) is 23.7 Å². The average molecular weight is 352 g/mol. The molecule has 2 aromatic carbocycles. The van der Waals surface area contributed by atoms with Gasteiger partial charge >= 0.3 is 0 Å². The maximum Gasteiger partial charge on any atom is 0.251 e. The SMILES string of the molecule is COc1ccccc1CCNC(=O)c1cccc(NC(=O)[C@H]2C[C@H]2C)c1. The second-order valence-corrected chi connectivity index (χ2v) is 6.71. The van der Waals surface area contributed by atoms with Gasteiger partial charge in [0.2, 0.25) is 5.91 Å². The molecule has 0 heterocycles. The van der Waals surface area contributed by atoms with Gasteiger partial charge in [0.05, 0.1) is 7.11 Å². The van der Waals surface area contributed by atoms with Gasteiger partial charge in [0.1, 0.15) is 5.75 Å². The van der Waals surface area contributed by atoms with E-state index in [1.54, 1.807) is 31.4 Å². The fourth-order valence-electron chi connectivity index (χ4n) is 2.98. The molecule has 136 valence electrons. The first-order valence-corrected chi connectivity index (χ1v) is 8.89. The molecule has 0 aromatic heterocycles. The normalized spacial score (nSPS) is 18.1. The number of hydrogen-bond donors (Lipinski definition) is 2. The van der Waals surface area contributed by atoms with E-state index in [1.807, 2.05) is 24.3 Å². The molecule has 1 fully saturated rings. The third-order valence-electron chi connectivity index (χ3n) is 4.71. The van der Waals surface area contributed by atoms with E-state index in [0.717, 1.165) is 17.7 Å². The van der Waals surface area contributed by atoms with Gasteiger partial charge in [0.25, 0.3) is 5.91 Å². The van der Waals surface area contributed by atoms with Crippen LogP contribution in [0, 0.1) is 11.8 Å². The first-order valence-electron chi connectivity index (χ1n) is 8.89. The molecular formula is C21H24N2O3. The predicted octanol–water partition coefficient (Wildman–Crippen LogP) is 3.26. The number of nitrogens with one attached hydrogen (secondary N) is 2. The number of anilines is 1. The summed E-state index contributed by atoms with van der Waals surface area (Å²) in [4.78, 5) is 24.4. The minimum atomic E-state index is -0.157. The molecular weight excluding hydrogens is 328 g/mol. The van der Waals surface area contributed by atoms with Gasteiger partial charge in [-0.3, -0.25) is 9.59 Å². The van der Waals surface area contributed by atoms with Crippen molar-refractivity contribution >= 4 is 17.5 Å². The Morgan fingerprint density at radius 2 is 1.92 bits per heavy atom. The maximum atomic E-state index is 12.4. The second-order valence-electron chi connectivity index (χ2n) is 6.71. The standard InChI is InChI=1S/C21H24N2O3/c1-14-12-18(14)21(25)23-17-8-5-7-16(13-17)20(24)22-11-10-15-6-3-4-9-19(15)26-2/h3-9,13-14,18H,10-12H2,1-2H3,(H,22,24)(H,23,25)/t14-,18+/m1/s1. The predicted molar refractivity (Wildman–Crippen MR) is 101 cm³/mol. The minimum absolute atomic E-state index is 0.0335. The Hall–Kier alpha value is -2.82. The van der Waals surface area contributed by atoms with Crippen LogP contribution in [0.2, 0.25) is 0 Å². The molecule has 0 aliphatic heterocycles. The lowest BCUT2D eigenvalue weighted by Gasteiger charge is -2.10. The highest BCUT2D eigenvalue weighted by atomic mass is 16.5. The van der Waals surface area contributed by atoms with Crippen molar-refractivity contribution < 1.29 is 14.3 Å². The van der Waals surface area contributed by atoms with Gasteiger partial charge < -0.3 is 15.4 Å². The maximum absolute atomic E-state index is 12.4. The van der Waals surface area contributed by atoms with Crippen molar-refractivity contribution in [1.82, 2.24) is 5.32 Å². The van der Waals surface area contributed by atoms with Gasteiger partial charge in [-0.15, -0.1) is 0 Å². The Labute approximate surface area is 153 Å². The molecule has 1 aliphatic rings. The summed E-state index contributed by atoms with van der Waals surface area (Å²) in [6.45, 7) is 2.57. The third-order valence-corrected chi connectivity index (χ3v) is 4.71. The zero-order valence-corrected chi connectivity index (χ0v) is 15.1. The largest absolute Gasteiger partial charge is 0.496 e. The molecule has 0 radical (unpaired) electrons. The first-order chi connectivity index (χ1) is 12.6. The van der Waals surface area contributed by atoms with Crippen molar-refractivity contribution in [2.75, 3.05) is 19.0 Å². The van der Waals surface area contributed by atoms with Crippen LogP contribution in [0.3, 0.4) is 0 Å². The fraction of sp³-hybridized carbons (Fsp3) is 0.333. The van der Waals surface area contributed by atoms with Crippen LogP contribution in [0.5, 0.6) is 5.75 Å². The Kier molecular flexibility index (Phi) is 5.56. The van der Waals surface area contributed by atoms with Gasteiger partial charge in [0.15, 0.2) is 0 Å². The topological polar surface area (TPSA) is 67.4 Å². The molecule has 0 unspecified atom stereocenters. The van der Waals surface area contributed by atoms with E-state index in [9.17, 15) is 9.59 Å². The van der Waals surface area contributed by atoms with E-state index in [4.69, 9.17) is 4.74 Å². The van der Waals surface area contributed by atoms with E-state index in [2.05, 4.69) is 17.6 Å². The van der Waals surface area contributed by atoms with Gasteiger partial charge in [-0.1, -0.05) is 31.2 Å². The lowest BCUT2D eigenvalue weighted by Crippen LogP contribution is -2.26. The van der Waals surface area contributed by atoms with Crippen LogP contribution >= 0.6 is 0 Å². The second kappa shape index (κ2) is 8.04. The molecule has 0 spiro atoms. The highest BCUT2D eigenvalue weighted by molar-refractivity contribution is 5.98. The van der Waals surface area contributed by atoms with Crippen molar-refractivity contribution in [2.24, 2.45) is 11.8 Å². The molecule has 1 aliphatic carbocycles. The zero-order chi connectivity index (χ0) is 18.5. The van der Waals surface area contributed by atoms with Crippen LogP contribution in [-0.4, -0.2) is 25.5 Å². The number of para-hydroxylation sites is 1. The van der Waals surface area contributed by atoms with Crippen molar-refractivity contribution in [3.8, 4) is 5.75 Å². The van der Waals surface area contributed by atoms with E-state index in [0.29, 0.717) is 30.1 Å². The number of methoxy groups -OCH3 is 1. The molecule has 2 atom stereocenters. The molecule has 26 heavy (non-hydrogen) atoms. The fourth-order valence-corrected chi connectivity index (χ4v) is 2.98. The molecule has 1 saturated carbocycles. The first kappa shape index (κ1) is 18.0. The van der Waals surface area contributed by atoms with Crippen LogP contribution < -0.4 is 15.4 Å². The Balaban J connectivity index is 1.54. The Morgan fingerprint density at radius 1 is 1.15 bits per heavy atom. The van der Waals surface area contributed by atoms with Crippen molar-refractivity contribution in [1.29, 1.82) is 0 Å². The van der Waals surface area contributed by atoms with Crippen LogP contribution in [0.25, 0.3) is 0 Å². The summed E-state index contributed by atoms with van der Waals surface area (Å²) >= 11 is 0. The lowest BCUT2D eigenvalue weighted by molar-refractivity contribution is -0.117. The van der Waals surface area contributed by atoms with Crippen molar-refractivity contribution in [3.63, 3.8) is 0 Å². The summed E-state index contributed by atoms with van der Waals surface area (Å²) in [7, 11) is 1.64. The van der Waals surface area contributed by atoms with Gasteiger partial charge in [-0.25, -0.2) is 0 Å². The smallest absolute Gasteiger partial charge is 0.251 e. The summed E-state index contributed by atoms with van der Waals surface area (Å²) in [6, 6.07) is 14.8. The summed E-state index contributed by atoms with van der Waals surface area (Å²) < 4.78 is 5.32. The monoisotopic (exact) mass is 352 g/mol. The van der Waals surface area contributed by atoms with Crippen LogP contribution in [0.4, 0.5) is 5.69 Å². The molecule has 5 heteroatoms. The number of carbonyl (C=O) groups is 2. The quantitative estimate of drug-likeness (QED) is 0.804. The van der Waals surface area contributed by atoms with Crippen molar-refractivity contribution in [2.45, 2.75) is 19.8 Å². The third kappa shape index (κ3) is 4.42. The lowest BCUT2D eigenvalue weighted by atomic mass is 10.1. The Morgan fingerprint density at radius 3 is 2.65 bits per heavy atom. The summed E-state index contributed by atoms with van der Waals surface area (Å²) in [5, 5.41) is 5.81. The average Bonchev–Trinajstić information content (AvgIpc) is 3.39. The molecule has 5 nitrogen and oxygen atoms in total. The number of rotatable bonds is 7. The highest BCUT2D eigenvalue weighted by Crippen LogP contribution is 2.38. The summed E-state index contributed by atoms with van der Waals surface area (Å²) in [6.07, 6.45) is 1.63. The van der Waals surface area contributed by atoms with E-state index in [1.165, 1.54) is 0 Å². The van der Waals surface area contributed by atoms with Gasteiger partial charge in [-0.05, 0) is 48.6 Å². The number of carbonyl (C=O) groups excluding carboxylic acids is 2.